The molecule has 13 heteroatoms. The van der Waals surface area contributed by atoms with E-state index < -0.39 is 45.3 Å². The van der Waals surface area contributed by atoms with Crippen molar-refractivity contribution in [2.75, 3.05) is 5.32 Å². The summed E-state index contributed by atoms with van der Waals surface area (Å²) in [5, 5.41) is 17.2. The standard InChI is InChI=1S/C22H20ClF4N3O4S/c1-11(31)7-15-10-16(21(32)29-14-4-6-20(18(23)9-14)35(28,33)34)12(2)30(15)19-5-3-13(24)8-17(19)22(25,26)27/h3-6,8-11,31H,7H2,1-2H3,(H,29,32)(H2,28,33,34)/t11-/m0/s1. The van der Waals surface area contributed by atoms with Crippen molar-refractivity contribution in [2.24, 2.45) is 5.14 Å². The number of amides is 1. The Bertz CT molecular complexity index is 1400. The van der Waals surface area contributed by atoms with E-state index in [9.17, 15) is 35.9 Å². The van der Waals surface area contributed by atoms with Gasteiger partial charge in [0.25, 0.3) is 5.91 Å². The highest BCUT2D eigenvalue weighted by atomic mass is 35.5. The lowest BCUT2D eigenvalue weighted by Gasteiger charge is -2.18. The molecule has 0 saturated carbocycles. The SMILES string of the molecule is Cc1c(C(=O)Nc2ccc(S(N)(=O)=O)c(Cl)c2)cc(C[C@H](C)O)n1-c1ccc(F)cc1C(F)(F)F. The van der Waals surface area contributed by atoms with Crippen LogP contribution in [-0.2, 0) is 22.6 Å². The quantitative estimate of drug-likeness (QED) is 0.407. The molecule has 0 unspecified atom stereocenters. The minimum atomic E-state index is -4.89. The number of aliphatic hydroxyl groups is 1. The Morgan fingerprint density at radius 2 is 1.86 bits per heavy atom. The van der Waals surface area contributed by atoms with Crippen LogP contribution in [-0.4, -0.2) is 30.1 Å². The van der Waals surface area contributed by atoms with Gasteiger partial charge < -0.3 is 15.0 Å². The van der Waals surface area contributed by atoms with Gasteiger partial charge in [0.15, 0.2) is 0 Å². The second-order valence-corrected chi connectivity index (χ2v) is 9.76. The molecule has 1 atom stereocenters. The molecule has 35 heavy (non-hydrogen) atoms. The van der Waals surface area contributed by atoms with Crippen LogP contribution in [0.15, 0.2) is 47.4 Å². The van der Waals surface area contributed by atoms with Crippen LogP contribution in [0.3, 0.4) is 0 Å². The van der Waals surface area contributed by atoms with E-state index >= 15 is 0 Å². The lowest BCUT2D eigenvalue weighted by molar-refractivity contribution is -0.137. The highest BCUT2D eigenvalue weighted by molar-refractivity contribution is 7.89. The normalized spacial score (nSPS) is 13.1. The number of nitrogens with zero attached hydrogens (tertiary/aromatic N) is 1. The number of hydrogen-bond donors (Lipinski definition) is 3. The minimum absolute atomic E-state index is 0.0234. The number of hydrogen-bond acceptors (Lipinski definition) is 4. The number of carbonyl (C=O) groups excluding carboxylic acids is 1. The third kappa shape index (κ3) is 5.84. The van der Waals surface area contributed by atoms with Crippen molar-refractivity contribution in [3.05, 3.63) is 75.8 Å². The van der Waals surface area contributed by atoms with E-state index in [1.165, 1.54) is 26.0 Å². The molecule has 0 aliphatic carbocycles. The molecule has 188 valence electrons. The molecule has 3 rings (SSSR count). The molecule has 0 spiro atoms. The number of sulfonamides is 1. The molecule has 7 nitrogen and oxygen atoms in total. The molecule has 1 amide bonds. The Labute approximate surface area is 203 Å². The predicted molar refractivity (Wildman–Crippen MR) is 122 cm³/mol. The van der Waals surface area contributed by atoms with Crippen molar-refractivity contribution in [1.82, 2.24) is 4.57 Å². The average molecular weight is 534 g/mol. The van der Waals surface area contributed by atoms with Gasteiger partial charge >= 0.3 is 6.18 Å². The van der Waals surface area contributed by atoms with Gasteiger partial charge in [0.2, 0.25) is 10.0 Å². The number of aliphatic hydroxyl groups excluding tert-OH is 1. The molecule has 0 radical (unpaired) electrons. The number of benzene rings is 2. The fourth-order valence-corrected chi connectivity index (χ4v) is 4.72. The molecule has 0 bridgehead atoms. The summed E-state index contributed by atoms with van der Waals surface area (Å²) in [6.45, 7) is 2.83. The summed E-state index contributed by atoms with van der Waals surface area (Å²) >= 11 is 5.93. The maximum atomic E-state index is 13.7. The summed E-state index contributed by atoms with van der Waals surface area (Å²) in [4.78, 5) is 12.6. The summed E-state index contributed by atoms with van der Waals surface area (Å²) in [6.07, 6.45) is -5.95. The number of carbonyl (C=O) groups is 1. The van der Waals surface area contributed by atoms with E-state index in [1.807, 2.05) is 0 Å². The second kappa shape index (κ2) is 9.61. The van der Waals surface area contributed by atoms with Gasteiger partial charge in [-0.25, -0.2) is 17.9 Å². The zero-order valence-electron chi connectivity index (χ0n) is 18.3. The number of nitrogens with one attached hydrogen (secondary N) is 1. The Hall–Kier alpha value is -2.93. The van der Waals surface area contributed by atoms with E-state index in [0.717, 1.165) is 28.8 Å². The van der Waals surface area contributed by atoms with Crippen LogP contribution in [0.25, 0.3) is 5.69 Å². The van der Waals surface area contributed by atoms with Crippen molar-refractivity contribution in [2.45, 2.75) is 37.4 Å². The third-order valence-electron chi connectivity index (χ3n) is 5.07. The largest absolute Gasteiger partial charge is 0.418 e. The van der Waals surface area contributed by atoms with Crippen LogP contribution >= 0.6 is 11.6 Å². The first-order valence-corrected chi connectivity index (χ1v) is 11.9. The van der Waals surface area contributed by atoms with Gasteiger partial charge in [-0.3, -0.25) is 4.79 Å². The highest BCUT2D eigenvalue weighted by Gasteiger charge is 2.35. The van der Waals surface area contributed by atoms with E-state index in [1.54, 1.807) is 0 Å². The highest BCUT2D eigenvalue weighted by Crippen LogP contribution is 2.36. The zero-order chi connectivity index (χ0) is 26.3. The van der Waals surface area contributed by atoms with E-state index in [0.29, 0.717) is 6.07 Å². The van der Waals surface area contributed by atoms with Crippen LogP contribution in [0.1, 0.15) is 34.2 Å². The lowest BCUT2D eigenvalue weighted by Crippen LogP contribution is -2.16. The number of aromatic nitrogens is 1. The molecule has 2 aromatic carbocycles. The Morgan fingerprint density at radius 1 is 1.20 bits per heavy atom. The third-order valence-corrected chi connectivity index (χ3v) is 6.47. The van der Waals surface area contributed by atoms with Gasteiger partial charge in [0.1, 0.15) is 10.7 Å². The van der Waals surface area contributed by atoms with Gasteiger partial charge in [-0.05, 0) is 56.3 Å². The van der Waals surface area contributed by atoms with Crippen LogP contribution in [0, 0.1) is 12.7 Å². The van der Waals surface area contributed by atoms with Crippen LogP contribution in [0.5, 0.6) is 0 Å². The van der Waals surface area contributed by atoms with Gasteiger partial charge in [-0.15, -0.1) is 0 Å². The number of halogens is 5. The topological polar surface area (TPSA) is 114 Å². The van der Waals surface area contributed by atoms with Crippen molar-refractivity contribution in [3.8, 4) is 5.69 Å². The van der Waals surface area contributed by atoms with Crippen molar-refractivity contribution in [3.63, 3.8) is 0 Å². The van der Waals surface area contributed by atoms with E-state index in [-0.39, 0.29) is 39.0 Å². The Kier molecular flexibility index (Phi) is 7.32. The minimum Gasteiger partial charge on any atom is -0.393 e. The molecular weight excluding hydrogens is 514 g/mol. The monoisotopic (exact) mass is 533 g/mol. The molecule has 1 aromatic heterocycles. The number of primary sulfonamides is 1. The van der Waals surface area contributed by atoms with Crippen molar-refractivity contribution >= 4 is 33.2 Å². The first kappa shape index (κ1) is 26.7. The van der Waals surface area contributed by atoms with Crippen LogP contribution in [0.4, 0.5) is 23.2 Å². The summed E-state index contributed by atoms with van der Waals surface area (Å²) in [7, 11) is -4.09. The molecule has 0 saturated heterocycles. The average Bonchev–Trinajstić information content (AvgIpc) is 3.01. The molecule has 0 aliphatic heterocycles. The van der Waals surface area contributed by atoms with Crippen LogP contribution in [0.2, 0.25) is 5.02 Å². The van der Waals surface area contributed by atoms with Gasteiger partial charge in [0, 0.05) is 23.5 Å². The molecule has 0 fully saturated rings. The Balaban J connectivity index is 2.10. The van der Waals surface area contributed by atoms with Crippen molar-refractivity contribution in [1.29, 1.82) is 0 Å². The first-order chi connectivity index (χ1) is 16.1. The summed E-state index contributed by atoms with van der Waals surface area (Å²) in [5.41, 5.74) is -1.30. The zero-order valence-corrected chi connectivity index (χ0v) is 19.9. The van der Waals surface area contributed by atoms with Gasteiger partial charge in [0.05, 0.1) is 27.9 Å². The lowest BCUT2D eigenvalue weighted by atomic mass is 10.1. The van der Waals surface area contributed by atoms with Gasteiger partial charge in [-0.2, -0.15) is 13.2 Å². The molecular formula is C22H20ClF4N3O4S. The Morgan fingerprint density at radius 3 is 2.40 bits per heavy atom. The molecule has 0 aliphatic rings. The predicted octanol–water partition coefficient (Wildman–Crippen LogP) is 4.42. The maximum absolute atomic E-state index is 13.7. The summed E-state index contributed by atoms with van der Waals surface area (Å²) in [6, 6.07) is 6.99. The smallest absolute Gasteiger partial charge is 0.393 e. The summed E-state index contributed by atoms with van der Waals surface area (Å²) < 4.78 is 78.8. The fraction of sp³-hybridized carbons (Fsp3) is 0.227. The van der Waals surface area contributed by atoms with Gasteiger partial charge in [-0.1, -0.05) is 11.6 Å². The van der Waals surface area contributed by atoms with E-state index in [4.69, 9.17) is 16.7 Å². The van der Waals surface area contributed by atoms with Crippen LogP contribution < -0.4 is 10.5 Å². The second-order valence-electron chi connectivity index (χ2n) is 7.83. The maximum Gasteiger partial charge on any atom is 0.418 e. The summed E-state index contributed by atoms with van der Waals surface area (Å²) in [5.74, 6) is -1.82. The molecule has 3 aromatic rings. The number of alkyl halides is 3. The fourth-order valence-electron chi connectivity index (χ4n) is 3.63. The molecule has 1 heterocycles. The number of nitrogens with two attached hydrogens (primary N) is 1. The van der Waals surface area contributed by atoms with E-state index in [2.05, 4.69) is 5.32 Å². The number of rotatable bonds is 6. The number of anilines is 1. The first-order valence-electron chi connectivity index (χ1n) is 9.99. The molecule has 4 N–H and O–H groups in total. The van der Waals surface area contributed by atoms with Crippen molar-refractivity contribution < 1.29 is 35.9 Å².